The number of nitrogens with two attached hydrogens (primary N) is 1. The third-order valence-corrected chi connectivity index (χ3v) is 4.50. The van der Waals surface area contributed by atoms with Crippen molar-refractivity contribution < 1.29 is 44.0 Å². The lowest BCUT2D eigenvalue weighted by Crippen LogP contribution is -2.50. The Kier molecular flexibility index (Phi) is 9.30. The fraction of sp³-hybridized carbons (Fsp3) is 0.714. The van der Waals surface area contributed by atoms with Gasteiger partial charge in [-0.3, -0.25) is 18.9 Å². The van der Waals surface area contributed by atoms with Crippen LogP contribution in [0.4, 0.5) is 0 Å². The standard InChI is InChI=1S/C10H15N2O8P.C4H11NO3/c1-5-3-12(10(15)11-9(5)14)8-2-6(13)7(20-8)4-19-21(16,17)18;5-4(1-6,2-7)3-8/h3,6-8,13H,2,4H2,1H3,(H,11,14,15)(H2,16,17,18);6-8H,1-3,5H2/t6-,7+,8+;/m0./s1. The molecule has 15 heteroatoms. The molecule has 0 radical (unpaired) electrons. The molecule has 0 saturated carbocycles. The Morgan fingerprint density at radius 2 is 1.86 bits per heavy atom. The van der Waals surface area contributed by atoms with Crippen molar-refractivity contribution in [2.45, 2.75) is 37.3 Å². The van der Waals surface area contributed by atoms with Gasteiger partial charge >= 0.3 is 13.5 Å². The lowest BCUT2D eigenvalue weighted by Gasteiger charge is -2.20. The van der Waals surface area contributed by atoms with Crippen molar-refractivity contribution in [2.24, 2.45) is 5.73 Å². The van der Waals surface area contributed by atoms with E-state index in [1.807, 2.05) is 0 Å². The van der Waals surface area contributed by atoms with Crippen LogP contribution in [0.25, 0.3) is 0 Å². The van der Waals surface area contributed by atoms with Crippen molar-refractivity contribution in [3.63, 3.8) is 0 Å². The zero-order chi connectivity index (χ0) is 22.4. The zero-order valence-corrected chi connectivity index (χ0v) is 16.4. The smallest absolute Gasteiger partial charge is 0.394 e. The van der Waals surface area contributed by atoms with Crippen LogP contribution in [0.3, 0.4) is 0 Å². The van der Waals surface area contributed by atoms with Crippen LogP contribution in [0.1, 0.15) is 18.2 Å². The van der Waals surface area contributed by atoms with E-state index in [2.05, 4.69) is 9.51 Å². The van der Waals surface area contributed by atoms with Crippen LogP contribution in [-0.4, -0.2) is 83.9 Å². The molecule has 1 saturated heterocycles. The van der Waals surface area contributed by atoms with Gasteiger partial charge in [-0.2, -0.15) is 0 Å². The average molecular weight is 443 g/mol. The number of H-pyrrole nitrogens is 1. The maximum atomic E-state index is 11.7. The van der Waals surface area contributed by atoms with Crippen LogP contribution in [0.2, 0.25) is 0 Å². The zero-order valence-electron chi connectivity index (χ0n) is 15.5. The van der Waals surface area contributed by atoms with Crippen molar-refractivity contribution >= 4 is 7.82 Å². The normalized spacial score (nSPS) is 22.3. The summed E-state index contributed by atoms with van der Waals surface area (Å²) in [5.74, 6) is 0. The summed E-state index contributed by atoms with van der Waals surface area (Å²) in [5, 5.41) is 34.8. The van der Waals surface area contributed by atoms with E-state index in [0.717, 1.165) is 4.57 Å². The number of phosphoric acid groups is 1. The number of hydrogen-bond donors (Lipinski definition) is 8. The highest BCUT2D eigenvalue weighted by molar-refractivity contribution is 7.46. The SMILES string of the molecule is Cc1cn([C@H]2C[C@H](O)[C@@H](COP(=O)(O)O)O2)c(=O)[nH]c1=O.NC(CO)(CO)CO. The molecule has 2 heterocycles. The van der Waals surface area contributed by atoms with E-state index in [1.54, 1.807) is 0 Å². The molecule has 29 heavy (non-hydrogen) atoms. The second kappa shape index (κ2) is 10.5. The van der Waals surface area contributed by atoms with Crippen molar-refractivity contribution in [3.8, 4) is 0 Å². The van der Waals surface area contributed by atoms with E-state index < -0.39 is 69.5 Å². The highest BCUT2D eigenvalue weighted by atomic mass is 31.2. The van der Waals surface area contributed by atoms with Gasteiger partial charge in [-0.25, -0.2) is 9.36 Å². The van der Waals surface area contributed by atoms with Gasteiger partial charge in [0.2, 0.25) is 0 Å². The molecule has 0 aromatic carbocycles. The molecule has 0 spiro atoms. The molecule has 1 aliphatic heterocycles. The van der Waals surface area contributed by atoms with Crippen molar-refractivity contribution in [1.29, 1.82) is 0 Å². The summed E-state index contributed by atoms with van der Waals surface area (Å²) in [4.78, 5) is 42.3. The first kappa shape index (κ1) is 25.6. The molecule has 2 rings (SSSR count). The van der Waals surface area contributed by atoms with Crippen LogP contribution in [0.5, 0.6) is 0 Å². The molecule has 9 N–H and O–H groups in total. The fourth-order valence-electron chi connectivity index (χ4n) is 2.16. The molecule has 1 aliphatic rings. The summed E-state index contributed by atoms with van der Waals surface area (Å²) >= 11 is 0. The molecule has 3 atom stereocenters. The van der Waals surface area contributed by atoms with Gasteiger partial charge in [-0.1, -0.05) is 0 Å². The van der Waals surface area contributed by atoms with Gasteiger partial charge in [0.15, 0.2) is 0 Å². The Morgan fingerprint density at radius 1 is 1.31 bits per heavy atom. The van der Waals surface area contributed by atoms with Gasteiger partial charge in [0.1, 0.15) is 12.3 Å². The third-order valence-electron chi connectivity index (χ3n) is 4.01. The second-order valence-electron chi connectivity index (χ2n) is 6.53. The van der Waals surface area contributed by atoms with Crippen molar-refractivity contribution in [2.75, 3.05) is 26.4 Å². The largest absolute Gasteiger partial charge is 0.469 e. The van der Waals surface area contributed by atoms with Gasteiger partial charge in [0, 0.05) is 18.2 Å². The molecule has 0 aliphatic carbocycles. The number of aliphatic hydroxyl groups excluding tert-OH is 4. The maximum Gasteiger partial charge on any atom is 0.469 e. The average Bonchev–Trinajstić information content (AvgIpc) is 3.03. The Hall–Kier alpha value is -1.45. The van der Waals surface area contributed by atoms with E-state index in [9.17, 15) is 19.3 Å². The molecule has 0 bridgehead atoms. The minimum atomic E-state index is -4.67. The molecule has 1 fully saturated rings. The lowest BCUT2D eigenvalue weighted by molar-refractivity contribution is -0.0451. The summed E-state index contributed by atoms with van der Waals surface area (Å²) in [6.45, 7) is -0.215. The first-order valence-corrected chi connectivity index (χ1v) is 9.86. The number of aromatic nitrogens is 2. The molecular formula is C14H26N3O11P. The summed E-state index contributed by atoms with van der Waals surface area (Å²) in [6.07, 6.45) is -1.57. The topological polar surface area (TPSA) is 238 Å². The molecule has 0 amide bonds. The van der Waals surface area contributed by atoms with Crippen molar-refractivity contribution in [1.82, 2.24) is 9.55 Å². The summed E-state index contributed by atoms with van der Waals surface area (Å²) in [5.41, 5.74) is 3.02. The number of ether oxygens (including phenoxy) is 1. The molecule has 1 aromatic rings. The monoisotopic (exact) mass is 443 g/mol. The minimum Gasteiger partial charge on any atom is -0.394 e. The van der Waals surface area contributed by atoms with E-state index in [0.29, 0.717) is 5.56 Å². The number of aryl methyl sites for hydroxylation is 1. The van der Waals surface area contributed by atoms with Crippen LogP contribution in [0.15, 0.2) is 15.8 Å². The van der Waals surface area contributed by atoms with E-state index >= 15 is 0 Å². The minimum absolute atomic E-state index is 0.0283. The van der Waals surface area contributed by atoms with E-state index in [4.69, 9.17) is 35.6 Å². The van der Waals surface area contributed by atoms with Gasteiger partial charge in [0.05, 0.1) is 38.1 Å². The van der Waals surface area contributed by atoms with Crippen LogP contribution < -0.4 is 17.0 Å². The summed E-state index contributed by atoms with van der Waals surface area (Å²) < 4.78 is 21.4. The molecule has 1 aromatic heterocycles. The predicted octanol–water partition coefficient (Wildman–Crippen LogP) is -3.74. The van der Waals surface area contributed by atoms with E-state index in [1.165, 1.54) is 13.1 Å². The summed E-state index contributed by atoms with van der Waals surface area (Å²) in [6, 6.07) is 0. The fourth-order valence-corrected chi connectivity index (χ4v) is 2.50. The van der Waals surface area contributed by atoms with Crippen molar-refractivity contribution in [3.05, 3.63) is 32.6 Å². The van der Waals surface area contributed by atoms with Gasteiger partial charge in [0.25, 0.3) is 5.56 Å². The number of aromatic amines is 1. The first-order valence-electron chi connectivity index (χ1n) is 8.33. The second-order valence-corrected chi connectivity index (χ2v) is 7.77. The van der Waals surface area contributed by atoms with Gasteiger partial charge < -0.3 is 40.7 Å². The maximum absolute atomic E-state index is 11.7. The van der Waals surface area contributed by atoms with Crippen LogP contribution >= 0.6 is 7.82 Å². The number of nitrogens with one attached hydrogen (secondary N) is 1. The molecule has 14 nitrogen and oxygen atoms in total. The highest BCUT2D eigenvalue weighted by Crippen LogP contribution is 2.38. The summed E-state index contributed by atoms with van der Waals surface area (Å²) in [7, 11) is -4.67. The Morgan fingerprint density at radius 3 is 2.31 bits per heavy atom. The Labute approximate surface area is 164 Å². The Balaban J connectivity index is 0.000000447. The highest BCUT2D eigenvalue weighted by Gasteiger charge is 2.37. The number of hydrogen-bond acceptors (Lipinski definition) is 10. The van der Waals surface area contributed by atoms with Gasteiger partial charge in [-0.15, -0.1) is 0 Å². The number of aliphatic hydroxyl groups is 4. The van der Waals surface area contributed by atoms with Gasteiger partial charge in [-0.05, 0) is 6.92 Å². The molecular weight excluding hydrogens is 417 g/mol. The quantitative estimate of drug-likeness (QED) is 0.190. The van der Waals surface area contributed by atoms with Crippen LogP contribution in [0, 0.1) is 6.92 Å². The number of rotatable bonds is 7. The lowest BCUT2D eigenvalue weighted by atomic mass is 10.1. The predicted molar refractivity (Wildman–Crippen MR) is 96.8 cm³/mol. The first-order chi connectivity index (χ1) is 13.4. The number of phosphoric ester groups is 1. The molecule has 168 valence electrons. The number of nitrogens with zero attached hydrogens (tertiary/aromatic N) is 1. The Bertz CT molecular complexity index is 807. The van der Waals surface area contributed by atoms with Crippen LogP contribution in [-0.2, 0) is 13.8 Å². The third kappa shape index (κ3) is 7.71. The van der Waals surface area contributed by atoms with E-state index in [-0.39, 0.29) is 6.42 Å². The molecule has 0 unspecified atom stereocenters.